The van der Waals surface area contributed by atoms with E-state index in [0.717, 1.165) is 21.3 Å². The number of rotatable bonds is 3. The average Bonchev–Trinajstić information content (AvgIpc) is 3.12. The predicted molar refractivity (Wildman–Crippen MR) is 97.3 cm³/mol. The smallest absolute Gasteiger partial charge is 0.240 e. The molecule has 0 fully saturated rings. The molecule has 4 rings (SSSR count). The minimum atomic E-state index is 0.558. The van der Waals surface area contributed by atoms with Gasteiger partial charge in [0.05, 0.1) is 5.52 Å². The number of thiophene rings is 1. The van der Waals surface area contributed by atoms with E-state index in [9.17, 15) is 0 Å². The van der Waals surface area contributed by atoms with Crippen molar-refractivity contribution in [3.63, 3.8) is 0 Å². The van der Waals surface area contributed by atoms with Gasteiger partial charge in [0.15, 0.2) is 5.82 Å². The molecule has 114 valence electrons. The highest BCUT2D eigenvalue weighted by Crippen LogP contribution is 2.33. The van der Waals surface area contributed by atoms with Crippen molar-refractivity contribution in [3.8, 4) is 35.4 Å². The number of fused-ring (bicyclic) bond motifs is 1. The molecule has 4 heteroatoms. The molecule has 0 aliphatic rings. The fraction of sp³-hybridized carbons (Fsp3) is 0. The molecule has 0 aliphatic heterocycles. The third kappa shape index (κ3) is 2.73. The SMILES string of the molecule is C#Cc1ccc(Oc2nc(-c3ccccc3)nc3ccsc23)cc1. The van der Waals surface area contributed by atoms with Gasteiger partial charge in [-0.2, -0.15) is 4.98 Å². The lowest BCUT2D eigenvalue weighted by molar-refractivity contribution is 0.470. The van der Waals surface area contributed by atoms with Crippen molar-refractivity contribution >= 4 is 21.6 Å². The van der Waals surface area contributed by atoms with Crippen molar-refractivity contribution in [2.24, 2.45) is 0 Å². The van der Waals surface area contributed by atoms with Gasteiger partial charge in [-0.1, -0.05) is 36.3 Å². The highest BCUT2D eigenvalue weighted by atomic mass is 32.1. The molecule has 0 spiro atoms. The minimum absolute atomic E-state index is 0.558. The fourth-order valence-electron chi connectivity index (χ4n) is 2.35. The summed E-state index contributed by atoms with van der Waals surface area (Å²) in [4.78, 5) is 9.25. The Morgan fingerprint density at radius 1 is 0.917 bits per heavy atom. The van der Waals surface area contributed by atoms with Gasteiger partial charge in [-0.25, -0.2) is 4.98 Å². The highest BCUT2D eigenvalue weighted by Gasteiger charge is 2.12. The molecular weight excluding hydrogens is 316 g/mol. The van der Waals surface area contributed by atoms with Crippen LogP contribution < -0.4 is 4.74 Å². The zero-order valence-electron chi connectivity index (χ0n) is 12.6. The highest BCUT2D eigenvalue weighted by molar-refractivity contribution is 7.17. The van der Waals surface area contributed by atoms with Crippen LogP contribution >= 0.6 is 11.3 Å². The van der Waals surface area contributed by atoms with Crippen molar-refractivity contribution in [1.82, 2.24) is 9.97 Å². The Bertz CT molecular complexity index is 1030. The van der Waals surface area contributed by atoms with Gasteiger partial charge in [-0.15, -0.1) is 17.8 Å². The molecule has 0 amide bonds. The van der Waals surface area contributed by atoms with Crippen molar-refractivity contribution < 1.29 is 4.74 Å². The number of aromatic nitrogens is 2. The maximum atomic E-state index is 6.00. The molecule has 4 aromatic rings. The summed E-state index contributed by atoms with van der Waals surface area (Å²) < 4.78 is 6.93. The van der Waals surface area contributed by atoms with E-state index in [1.165, 1.54) is 0 Å². The van der Waals surface area contributed by atoms with Crippen molar-refractivity contribution in [3.05, 3.63) is 71.6 Å². The second-order valence-corrected chi connectivity index (χ2v) is 6.04. The summed E-state index contributed by atoms with van der Waals surface area (Å²) in [5, 5.41) is 1.99. The standard InChI is InChI=1S/C20H12N2OS/c1-2-14-8-10-16(11-9-14)23-20-18-17(12-13-24-18)21-19(22-20)15-6-4-3-5-7-15/h1,3-13H. The van der Waals surface area contributed by atoms with Crippen LogP contribution in [0.2, 0.25) is 0 Å². The van der Waals surface area contributed by atoms with Crippen LogP contribution in [0.5, 0.6) is 11.6 Å². The summed E-state index contributed by atoms with van der Waals surface area (Å²) >= 11 is 1.56. The summed E-state index contributed by atoms with van der Waals surface area (Å²) in [5.74, 6) is 4.50. The molecule has 0 N–H and O–H groups in total. The molecule has 24 heavy (non-hydrogen) atoms. The molecule has 0 atom stereocenters. The third-order valence-corrected chi connectivity index (χ3v) is 4.43. The maximum absolute atomic E-state index is 6.00. The van der Waals surface area contributed by atoms with E-state index >= 15 is 0 Å². The quantitative estimate of drug-likeness (QED) is 0.489. The monoisotopic (exact) mass is 328 g/mol. The van der Waals surface area contributed by atoms with Gasteiger partial charge in [0.2, 0.25) is 5.88 Å². The van der Waals surface area contributed by atoms with Gasteiger partial charge in [-0.3, -0.25) is 0 Å². The van der Waals surface area contributed by atoms with Gasteiger partial charge >= 0.3 is 0 Å². The molecule has 0 aliphatic carbocycles. The number of nitrogens with zero attached hydrogens (tertiary/aromatic N) is 2. The molecule has 2 aromatic heterocycles. The van der Waals surface area contributed by atoms with Crippen LogP contribution in [0.25, 0.3) is 21.6 Å². The van der Waals surface area contributed by atoms with Gasteiger partial charge in [0.1, 0.15) is 10.4 Å². The molecule has 0 saturated heterocycles. The van der Waals surface area contributed by atoms with E-state index in [1.54, 1.807) is 11.3 Å². The summed E-state index contributed by atoms with van der Waals surface area (Å²) in [6.07, 6.45) is 5.39. The fourth-order valence-corrected chi connectivity index (χ4v) is 3.11. The Labute approximate surface area is 143 Å². The number of ether oxygens (including phenoxy) is 1. The first-order chi connectivity index (χ1) is 11.8. The van der Waals surface area contributed by atoms with Crippen LogP contribution in [0.15, 0.2) is 66.0 Å². The van der Waals surface area contributed by atoms with Crippen molar-refractivity contribution in [2.45, 2.75) is 0 Å². The topological polar surface area (TPSA) is 35.0 Å². The lowest BCUT2D eigenvalue weighted by Gasteiger charge is -2.08. The van der Waals surface area contributed by atoms with Crippen LogP contribution in [0.4, 0.5) is 0 Å². The minimum Gasteiger partial charge on any atom is -0.437 e. The average molecular weight is 328 g/mol. The first kappa shape index (κ1) is 14.4. The molecule has 0 radical (unpaired) electrons. The van der Waals surface area contributed by atoms with E-state index in [4.69, 9.17) is 11.2 Å². The maximum Gasteiger partial charge on any atom is 0.240 e. The van der Waals surface area contributed by atoms with Gasteiger partial charge in [0.25, 0.3) is 0 Å². The van der Waals surface area contributed by atoms with Crippen molar-refractivity contribution in [2.75, 3.05) is 0 Å². The van der Waals surface area contributed by atoms with E-state index in [2.05, 4.69) is 15.9 Å². The first-order valence-electron chi connectivity index (χ1n) is 7.39. The van der Waals surface area contributed by atoms with Crippen LogP contribution in [0.1, 0.15) is 5.56 Å². The zero-order chi connectivity index (χ0) is 16.4. The van der Waals surface area contributed by atoms with E-state index < -0.39 is 0 Å². The van der Waals surface area contributed by atoms with Gasteiger partial charge in [-0.05, 0) is 35.7 Å². The van der Waals surface area contributed by atoms with Crippen LogP contribution in [-0.2, 0) is 0 Å². The summed E-state index contributed by atoms with van der Waals surface area (Å²) in [6.45, 7) is 0. The number of benzene rings is 2. The van der Waals surface area contributed by atoms with Crippen LogP contribution in [0.3, 0.4) is 0 Å². The number of terminal acetylenes is 1. The summed E-state index contributed by atoms with van der Waals surface area (Å²) in [5.41, 5.74) is 2.65. The second-order valence-electron chi connectivity index (χ2n) is 5.12. The van der Waals surface area contributed by atoms with Gasteiger partial charge < -0.3 is 4.74 Å². The summed E-state index contributed by atoms with van der Waals surface area (Å²) in [6, 6.07) is 19.2. The Balaban J connectivity index is 1.78. The zero-order valence-corrected chi connectivity index (χ0v) is 13.5. The molecule has 0 saturated carbocycles. The Morgan fingerprint density at radius 2 is 1.71 bits per heavy atom. The van der Waals surface area contributed by atoms with Crippen LogP contribution in [-0.4, -0.2) is 9.97 Å². The number of hydrogen-bond acceptors (Lipinski definition) is 4. The Morgan fingerprint density at radius 3 is 2.46 bits per heavy atom. The number of hydrogen-bond donors (Lipinski definition) is 0. The Hall–Kier alpha value is -3.16. The van der Waals surface area contributed by atoms with Crippen molar-refractivity contribution in [1.29, 1.82) is 0 Å². The van der Waals surface area contributed by atoms with E-state index in [1.807, 2.05) is 66.0 Å². The van der Waals surface area contributed by atoms with E-state index in [0.29, 0.717) is 17.5 Å². The largest absolute Gasteiger partial charge is 0.437 e. The third-order valence-electron chi connectivity index (χ3n) is 3.54. The first-order valence-corrected chi connectivity index (χ1v) is 8.26. The second kappa shape index (κ2) is 6.15. The molecular formula is C20H12N2OS. The van der Waals surface area contributed by atoms with Crippen LogP contribution in [0, 0.1) is 12.3 Å². The molecule has 2 aromatic carbocycles. The predicted octanol–water partition coefficient (Wildman–Crippen LogP) is 5.13. The molecule has 0 unspecified atom stereocenters. The molecule has 0 bridgehead atoms. The lowest BCUT2D eigenvalue weighted by atomic mass is 10.2. The summed E-state index contributed by atoms with van der Waals surface area (Å²) in [7, 11) is 0. The Kier molecular flexibility index (Phi) is 3.70. The van der Waals surface area contributed by atoms with E-state index in [-0.39, 0.29) is 0 Å². The normalized spacial score (nSPS) is 10.5. The molecule has 3 nitrogen and oxygen atoms in total. The molecule has 2 heterocycles. The lowest BCUT2D eigenvalue weighted by Crippen LogP contribution is -1.94. The van der Waals surface area contributed by atoms with Gasteiger partial charge in [0, 0.05) is 11.1 Å².